The number of nitro benzene ring substituents is 1. The lowest BCUT2D eigenvalue weighted by molar-refractivity contribution is -0.385. The number of halogens is 1. The van der Waals surface area contributed by atoms with Crippen molar-refractivity contribution in [2.24, 2.45) is 5.73 Å². The van der Waals surface area contributed by atoms with Gasteiger partial charge in [-0.3, -0.25) is 10.1 Å². The van der Waals surface area contributed by atoms with Crippen LogP contribution < -0.4 is 5.73 Å². The fourth-order valence-electron chi connectivity index (χ4n) is 1.79. The van der Waals surface area contributed by atoms with Crippen molar-refractivity contribution in [2.45, 2.75) is 19.9 Å². The molecule has 100 valence electrons. The Morgan fingerprint density at radius 3 is 2.63 bits per heavy atom. The highest BCUT2D eigenvalue weighted by Gasteiger charge is 2.17. The summed E-state index contributed by atoms with van der Waals surface area (Å²) in [4.78, 5) is 10.6. The van der Waals surface area contributed by atoms with E-state index in [0.29, 0.717) is 22.6 Å². The van der Waals surface area contributed by atoms with Gasteiger partial charge in [0.2, 0.25) is 0 Å². The van der Waals surface area contributed by atoms with Crippen LogP contribution in [0.3, 0.4) is 0 Å². The molecule has 19 heavy (non-hydrogen) atoms. The van der Waals surface area contributed by atoms with Crippen molar-refractivity contribution in [1.82, 2.24) is 0 Å². The first-order chi connectivity index (χ1) is 8.90. The van der Waals surface area contributed by atoms with Crippen molar-refractivity contribution in [2.75, 3.05) is 0 Å². The lowest BCUT2D eigenvalue weighted by Gasteiger charge is -2.05. The monoisotopic (exact) mass is 324 g/mol. The molecule has 0 amide bonds. The second kappa shape index (κ2) is 5.14. The maximum absolute atomic E-state index is 11.0. The fraction of sp³-hybridized carbons (Fsp3) is 0.231. The summed E-state index contributed by atoms with van der Waals surface area (Å²) in [5.41, 5.74) is 7.04. The molecule has 1 heterocycles. The van der Waals surface area contributed by atoms with Gasteiger partial charge >= 0.3 is 0 Å². The van der Waals surface area contributed by atoms with Crippen LogP contribution in [0.15, 0.2) is 33.2 Å². The van der Waals surface area contributed by atoms with Crippen LogP contribution in [0.1, 0.15) is 24.3 Å². The Bertz CT molecular complexity index is 635. The minimum Gasteiger partial charge on any atom is -0.459 e. The number of furan rings is 1. The summed E-state index contributed by atoms with van der Waals surface area (Å²) in [6.07, 6.45) is 0. The maximum Gasteiger partial charge on any atom is 0.273 e. The first-order valence-electron chi connectivity index (χ1n) is 5.70. The topological polar surface area (TPSA) is 82.3 Å². The molecule has 6 heteroatoms. The molecule has 0 aliphatic rings. The lowest BCUT2D eigenvalue weighted by atomic mass is 10.1. The first-order valence-corrected chi connectivity index (χ1v) is 6.49. The lowest BCUT2D eigenvalue weighted by Crippen LogP contribution is -2.02. The predicted molar refractivity (Wildman–Crippen MR) is 75.8 cm³/mol. The van der Waals surface area contributed by atoms with Gasteiger partial charge in [-0.1, -0.05) is 15.9 Å². The van der Waals surface area contributed by atoms with E-state index in [-0.39, 0.29) is 11.7 Å². The Kier molecular flexibility index (Phi) is 3.73. The van der Waals surface area contributed by atoms with Crippen LogP contribution in [-0.4, -0.2) is 4.92 Å². The molecule has 0 radical (unpaired) electrons. The maximum atomic E-state index is 11.0. The third kappa shape index (κ3) is 2.69. The smallest absolute Gasteiger partial charge is 0.273 e. The molecular formula is C13H13BrN2O3. The fourth-order valence-corrected chi connectivity index (χ4v) is 2.44. The quantitative estimate of drug-likeness (QED) is 0.684. The van der Waals surface area contributed by atoms with E-state index < -0.39 is 4.92 Å². The summed E-state index contributed by atoms with van der Waals surface area (Å²) >= 11 is 3.40. The summed E-state index contributed by atoms with van der Waals surface area (Å²) in [5.74, 6) is 1.20. The number of hydrogen-bond acceptors (Lipinski definition) is 4. The highest BCUT2D eigenvalue weighted by atomic mass is 79.9. The Hall–Kier alpha value is -1.66. The van der Waals surface area contributed by atoms with Crippen LogP contribution in [-0.2, 0) is 0 Å². The predicted octanol–water partition coefficient (Wildman–Crippen LogP) is 3.95. The van der Waals surface area contributed by atoms with Gasteiger partial charge < -0.3 is 10.2 Å². The Balaban J connectivity index is 2.54. The highest BCUT2D eigenvalue weighted by Crippen LogP contribution is 2.35. The summed E-state index contributed by atoms with van der Waals surface area (Å²) in [7, 11) is 0. The third-order valence-electron chi connectivity index (χ3n) is 2.82. The van der Waals surface area contributed by atoms with Gasteiger partial charge in [-0.05, 0) is 32.0 Å². The summed E-state index contributed by atoms with van der Waals surface area (Å²) in [6.45, 7) is 3.51. The third-order valence-corrected chi connectivity index (χ3v) is 3.48. The van der Waals surface area contributed by atoms with Crippen LogP contribution in [0.2, 0.25) is 0 Å². The van der Waals surface area contributed by atoms with E-state index in [2.05, 4.69) is 15.9 Å². The number of rotatable bonds is 3. The summed E-state index contributed by atoms with van der Waals surface area (Å²) in [5, 5.41) is 11.0. The molecule has 2 N–H and O–H groups in total. The molecule has 1 aromatic heterocycles. The van der Waals surface area contributed by atoms with Crippen LogP contribution in [0, 0.1) is 17.0 Å². The molecule has 2 aromatic rings. The number of benzene rings is 1. The van der Waals surface area contributed by atoms with E-state index >= 15 is 0 Å². The molecule has 0 aliphatic heterocycles. The van der Waals surface area contributed by atoms with Crippen LogP contribution in [0.4, 0.5) is 5.69 Å². The van der Waals surface area contributed by atoms with Gasteiger partial charge in [0, 0.05) is 21.7 Å². The average Bonchev–Trinajstić information content (AvgIpc) is 2.77. The average molecular weight is 325 g/mol. The van der Waals surface area contributed by atoms with Gasteiger partial charge in [-0.2, -0.15) is 0 Å². The Morgan fingerprint density at radius 1 is 1.42 bits per heavy atom. The minimum absolute atomic E-state index is 0.0666. The highest BCUT2D eigenvalue weighted by molar-refractivity contribution is 9.10. The number of nitrogens with zero attached hydrogens (tertiary/aromatic N) is 1. The van der Waals surface area contributed by atoms with E-state index in [9.17, 15) is 10.1 Å². The summed E-state index contributed by atoms with van der Waals surface area (Å²) < 4.78 is 6.36. The van der Waals surface area contributed by atoms with Crippen molar-refractivity contribution >= 4 is 21.6 Å². The zero-order valence-corrected chi connectivity index (χ0v) is 12.1. The van der Waals surface area contributed by atoms with Gasteiger partial charge in [-0.15, -0.1) is 0 Å². The molecule has 0 saturated carbocycles. The second-order valence-corrected chi connectivity index (χ2v) is 5.22. The van der Waals surface area contributed by atoms with Crippen molar-refractivity contribution in [3.05, 3.63) is 50.2 Å². The molecule has 1 aromatic carbocycles. The second-order valence-electron chi connectivity index (χ2n) is 4.37. The zero-order chi connectivity index (χ0) is 14.2. The van der Waals surface area contributed by atoms with Gasteiger partial charge in [0.15, 0.2) is 0 Å². The number of hydrogen-bond donors (Lipinski definition) is 1. The van der Waals surface area contributed by atoms with Gasteiger partial charge in [0.05, 0.1) is 11.0 Å². The van der Waals surface area contributed by atoms with Crippen molar-refractivity contribution in [3.63, 3.8) is 0 Å². The molecule has 0 saturated heterocycles. The van der Waals surface area contributed by atoms with Crippen LogP contribution in [0.5, 0.6) is 0 Å². The van der Waals surface area contributed by atoms with Crippen LogP contribution in [0.25, 0.3) is 11.3 Å². The Labute approximate surface area is 118 Å². The molecule has 0 bridgehead atoms. The van der Waals surface area contributed by atoms with Crippen molar-refractivity contribution in [3.8, 4) is 11.3 Å². The molecule has 0 spiro atoms. The van der Waals surface area contributed by atoms with E-state index in [1.807, 2.05) is 6.92 Å². The first kappa shape index (κ1) is 13.8. The number of aryl methyl sites for hydroxylation is 1. The van der Waals surface area contributed by atoms with E-state index in [1.54, 1.807) is 25.1 Å². The SMILES string of the molecule is Cc1cc(Br)c(-c2ccc(C(C)N)o2)cc1[N+](=O)[O-]. The largest absolute Gasteiger partial charge is 0.459 e. The molecular weight excluding hydrogens is 312 g/mol. The normalized spacial score (nSPS) is 12.4. The summed E-state index contributed by atoms with van der Waals surface area (Å²) in [6, 6.07) is 6.54. The molecule has 1 unspecified atom stereocenters. The zero-order valence-electron chi connectivity index (χ0n) is 10.5. The van der Waals surface area contributed by atoms with Crippen LogP contribution >= 0.6 is 15.9 Å². The molecule has 0 aliphatic carbocycles. The Morgan fingerprint density at radius 2 is 2.11 bits per heavy atom. The molecule has 2 rings (SSSR count). The number of nitro groups is 1. The van der Waals surface area contributed by atoms with E-state index in [4.69, 9.17) is 10.2 Å². The van der Waals surface area contributed by atoms with E-state index in [1.165, 1.54) is 6.07 Å². The molecule has 5 nitrogen and oxygen atoms in total. The molecule has 0 fully saturated rings. The van der Waals surface area contributed by atoms with Gasteiger partial charge in [-0.25, -0.2) is 0 Å². The van der Waals surface area contributed by atoms with Gasteiger partial charge in [0.25, 0.3) is 5.69 Å². The van der Waals surface area contributed by atoms with Gasteiger partial charge in [0.1, 0.15) is 11.5 Å². The molecule has 1 atom stereocenters. The van der Waals surface area contributed by atoms with Crippen molar-refractivity contribution in [1.29, 1.82) is 0 Å². The standard InChI is InChI=1S/C13H13BrN2O3/c1-7-5-10(14)9(6-11(7)16(17)18)13-4-3-12(19-13)8(2)15/h3-6,8H,15H2,1-2H3. The van der Waals surface area contributed by atoms with E-state index in [0.717, 1.165) is 4.47 Å². The van der Waals surface area contributed by atoms with Crippen molar-refractivity contribution < 1.29 is 9.34 Å². The number of nitrogens with two attached hydrogens (primary N) is 1. The minimum atomic E-state index is -0.402.